The average molecular weight is 258 g/mol. The van der Waals surface area contributed by atoms with Gasteiger partial charge in [0.2, 0.25) is 0 Å². The number of unbranched alkanes of at least 4 members (excludes halogenated alkanes) is 1. The van der Waals surface area contributed by atoms with Gasteiger partial charge in [-0.1, -0.05) is 13.3 Å². The van der Waals surface area contributed by atoms with Crippen molar-refractivity contribution >= 4 is 6.09 Å². The minimum absolute atomic E-state index is 0.154. The third-order valence-corrected chi connectivity index (χ3v) is 3.22. The average Bonchev–Trinajstić information content (AvgIpc) is 2.40. The van der Waals surface area contributed by atoms with Crippen molar-refractivity contribution in [1.82, 2.24) is 10.2 Å². The summed E-state index contributed by atoms with van der Waals surface area (Å²) in [6.07, 6.45) is 3.83. The number of nitrogens with one attached hydrogen (secondary N) is 1. The molecule has 1 N–H and O–H groups in total. The van der Waals surface area contributed by atoms with Crippen LogP contribution in [0.3, 0.4) is 0 Å². The largest absolute Gasteiger partial charge is 0.449 e. The third-order valence-electron chi connectivity index (χ3n) is 3.22. The predicted molar refractivity (Wildman–Crippen MR) is 70.7 cm³/mol. The molecule has 0 saturated carbocycles. The topological polar surface area (TPSA) is 50.8 Å². The highest BCUT2D eigenvalue weighted by Gasteiger charge is 2.22. The van der Waals surface area contributed by atoms with Crippen molar-refractivity contribution in [2.75, 3.05) is 40.0 Å². The number of carbonyl (C=O) groups excluding carboxylic acids is 1. The van der Waals surface area contributed by atoms with Gasteiger partial charge in [0.15, 0.2) is 0 Å². The summed E-state index contributed by atoms with van der Waals surface area (Å²) in [5.74, 6) is 0. The molecule has 0 aromatic rings. The summed E-state index contributed by atoms with van der Waals surface area (Å²) in [6, 6.07) is 0.500. The van der Waals surface area contributed by atoms with E-state index in [1.165, 1.54) is 0 Å². The summed E-state index contributed by atoms with van der Waals surface area (Å²) in [6.45, 7) is 5.82. The van der Waals surface area contributed by atoms with Crippen molar-refractivity contribution in [2.24, 2.45) is 0 Å². The minimum atomic E-state index is -0.154. The second kappa shape index (κ2) is 9.16. The van der Waals surface area contributed by atoms with Gasteiger partial charge >= 0.3 is 6.09 Å². The van der Waals surface area contributed by atoms with Crippen LogP contribution in [0.25, 0.3) is 0 Å². The van der Waals surface area contributed by atoms with Crippen LogP contribution in [0, 0.1) is 0 Å². The molecule has 1 rings (SSSR count). The fourth-order valence-corrected chi connectivity index (χ4v) is 2.03. The lowest BCUT2D eigenvalue weighted by atomic mass is 10.1. The third kappa shape index (κ3) is 5.69. The first kappa shape index (κ1) is 15.2. The Balaban J connectivity index is 2.12. The fraction of sp³-hybridized carbons (Fsp3) is 0.923. The maximum absolute atomic E-state index is 11.7. The second-order valence-electron chi connectivity index (χ2n) is 4.68. The summed E-state index contributed by atoms with van der Waals surface area (Å²) in [7, 11) is 1.70. The van der Waals surface area contributed by atoms with Gasteiger partial charge in [-0.25, -0.2) is 4.79 Å². The van der Waals surface area contributed by atoms with Crippen molar-refractivity contribution in [1.29, 1.82) is 0 Å². The SMILES string of the molecule is CCCCOC(=O)N1CCC(NCCOC)CC1. The van der Waals surface area contributed by atoms with Crippen molar-refractivity contribution in [3.8, 4) is 0 Å². The molecule has 0 aliphatic carbocycles. The molecule has 1 amide bonds. The normalized spacial score (nSPS) is 16.9. The van der Waals surface area contributed by atoms with E-state index in [-0.39, 0.29) is 6.09 Å². The van der Waals surface area contributed by atoms with Crippen molar-refractivity contribution in [3.05, 3.63) is 0 Å². The van der Waals surface area contributed by atoms with Gasteiger partial charge in [-0.2, -0.15) is 0 Å². The zero-order valence-electron chi connectivity index (χ0n) is 11.6. The van der Waals surface area contributed by atoms with Crippen LogP contribution in [0.15, 0.2) is 0 Å². The van der Waals surface area contributed by atoms with E-state index < -0.39 is 0 Å². The van der Waals surface area contributed by atoms with Crippen LogP contribution in [0.1, 0.15) is 32.6 Å². The summed E-state index contributed by atoms with van der Waals surface area (Å²) < 4.78 is 10.2. The van der Waals surface area contributed by atoms with Crippen LogP contribution in [-0.2, 0) is 9.47 Å². The maximum Gasteiger partial charge on any atom is 0.409 e. The Kier molecular flexibility index (Phi) is 7.76. The van der Waals surface area contributed by atoms with E-state index >= 15 is 0 Å². The Labute approximate surface area is 110 Å². The number of likely N-dealkylation sites (tertiary alicyclic amines) is 1. The van der Waals surface area contributed by atoms with Crippen molar-refractivity contribution in [2.45, 2.75) is 38.6 Å². The highest BCUT2D eigenvalue weighted by molar-refractivity contribution is 5.67. The zero-order valence-corrected chi connectivity index (χ0v) is 11.6. The molecule has 0 atom stereocenters. The Bertz CT molecular complexity index is 228. The summed E-state index contributed by atoms with van der Waals surface area (Å²) in [5.41, 5.74) is 0. The summed E-state index contributed by atoms with van der Waals surface area (Å²) >= 11 is 0. The lowest BCUT2D eigenvalue weighted by molar-refractivity contribution is 0.0890. The molecule has 18 heavy (non-hydrogen) atoms. The van der Waals surface area contributed by atoms with E-state index in [4.69, 9.17) is 9.47 Å². The van der Waals surface area contributed by atoms with Crippen LogP contribution in [-0.4, -0.2) is 57.0 Å². The molecule has 0 aromatic heterocycles. The number of ether oxygens (including phenoxy) is 2. The fourth-order valence-electron chi connectivity index (χ4n) is 2.03. The van der Waals surface area contributed by atoms with Crippen molar-refractivity contribution < 1.29 is 14.3 Å². The van der Waals surface area contributed by atoms with Gasteiger partial charge in [0.1, 0.15) is 0 Å². The van der Waals surface area contributed by atoms with Crippen LogP contribution < -0.4 is 5.32 Å². The number of hydrogen-bond donors (Lipinski definition) is 1. The highest BCUT2D eigenvalue weighted by atomic mass is 16.6. The minimum Gasteiger partial charge on any atom is -0.449 e. The monoisotopic (exact) mass is 258 g/mol. The molecule has 0 radical (unpaired) electrons. The predicted octanol–water partition coefficient (Wildman–Crippen LogP) is 1.62. The van der Waals surface area contributed by atoms with Gasteiger partial charge in [0.25, 0.3) is 0 Å². The molecule has 5 nitrogen and oxygen atoms in total. The number of piperidine rings is 1. The molecule has 106 valence electrons. The van der Waals surface area contributed by atoms with Crippen LogP contribution in [0.5, 0.6) is 0 Å². The van der Waals surface area contributed by atoms with E-state index in [2.05, 4.69) is 12.2 Å². The Morgan fingerprint density at radius 3 is 2.67 bits per heavy atom. The van der Waals surface area contributed by atoms with Gasteiger partial charge in [-0.3, -0.25) is 0 Å². The first-order valence-corrected chi connectivity index (χ1v) is 6.92. The van der Waals surface area contributed by atoms with E-state index in [1.807, 2.05) is 4.90 Å². The lowest BCUT2D eigenvalue weighted by Crippen LogP contribution is -2.45. The highest BCUT2D eigenvalue weighted by Crippen LogP contribution is 2.11. The summed E-state index contributed by atoms with van der Waals surface area (Å²) in [4.78, 5) is 13.5. The number of amides is 1. The molecule has 1 heterocycles. The molecule has 0 bridgehead atoms. The van der Waals surface area contributed by atoms with Crippen LogP contribution in [0.4, 0.5) is 4.79 Å². The number of rotatable bonds is 7. The van der Waals surface area contributed by atoms with Gasteiger partial charge in [-0.05, 0) is 19.3 Å². The molecule has 1 saturated heterocycles. The maximum atomic E-state index is 11.7. The molecule has 0 spiro atoms. The van der Waals surface area contributed by atoms with E-state index in [1.54, 1.807) is 7.11 Å². The van der Waals surface area contributed by atoms with Crippen LogP contribution in [0.2, 0.25) is 0 Å². The molecule has 5 heteroatoms. The number of carbonyl (C=O) groups is 1. The van der Waals surface area contributed by atoms with Gasteiger partial charge < -0.3 is 19.7 Å². The smallest absolute Gasteiger partial charge is 0.409 e. The van der Waals surface area contributed by atoms with E-state index in [9.17, 15) is 4.79 Å². The van der Waals surface area contributed by atoms with Gasteiger partial charge in [0.05, 0.1) is 13.2 Å². The molecule has 1 fully saturated rings. The van der Waals surface area contributed by atoms with Gasteiger partial charge in [0, 0.05) is 32.8 Å². The van der Waals surface area contributed by atoms with E-state index in [0.717, 1.165) is 51.9 Å². The molecular formula is C13H26N2O3. The molecular weight excluding hydrogens is 232 g/mol. The summed E-state index contributed by atoms with van der Waals surface area (Å²) in [5, 5.41) is 3.43. The number of methoxy groups -OCH3 is 1. The zero-order chi connectivity index (χ0) is 13.2. The Morgan fingerprint density at radius 1 is 1.33 bits per heavy atom. The second-order valence-corrected chi connectivity index (χ2v) is 4.68. The van der Waals surface area contributed by atoms with Crippen molar-refractivity contribution in [3.63, 3.8) is 0 Å². The van der Waals surface area contributed by atoms with Gasteiger partial charge in [-0.15, -0.1) is 0 Å². The molecule has 1 aliphatic heterocycles. The van der Waals surface area contributed by atoms with Crippen LogP contribution >= 0.6 is 0 Å². The Hall–Kier alpha value is -0.810. The number of nitrogens with zero attached hydrogens (tertiary/aromatic N) is 1. The molecule has 0 unspecified atom stereocenters. The first-order valence-electron chi connectivity index (χ1n) is 6.92. The quantitative estimate of drug-likeness (QED) is 0.705. The number of hydrogen-bond acceptors (Lipinski definition) is 4. The Morgan fingerprint density at radius 2 is 2.06 bits per heavy atom. The molecule has 1 aliphatic rings. The lowest BCUT2D eigenvalue weighted by Gasteiger charge is -2.31. The molecule has 0 aromatic carbocycles. The van der Waals surface area contributed by atoms with E-state index in [0.29, 0.717) is 12.6 Å². The first-order chi connectivity index (χ1) is 8.77. The standard InChI is InChI=1S/C13H26N2O3/c1-3-4-10-18-13(16)15-8-5-12(6-9-15)14-7-11-17-2/h12,14H,3-11H2,1-2H3.